The third-order valence-electron chi connectivity index (χ3n) is 3.27. The molecule has 0 saturated heterocycles. The molecule has 2 atom stereocenters. The molecule has 0 fully saturated rings. The van der Waals surface area contributed by atoms with Crippen molar-refractivity contribution in [2.45, 2.75) is 40.0 Å². The fraction of sp³-hybridized carbons (Fsp3) is 0.533. The summed E-state index contributed by atoms with van der Waals surface area (Å²) in [5.74, 6) is 0.696. The maximum Gasteiger partial charge on any atom is 0.140 e. The summed E-state index contributed by atoms with van der Waals surface area (Å²) in [6, 6.07) is 0. The van der Waals surface area contributed by atoms with Crippen molar-refractivity contribution in [1.82, 2.24) is 0 Å². The molecule has 1 aliphatic carbocycles. The third kappa shape index (κ3) is 3.80. The normalized spacial score (nSPS) is 32.7. The molecule has 0 heterocycles. The predicted molar refractivity (Wildman–Crippen MR) is 69.2 cm³/mol. The van der Waals surface area contributed by atoms with Crippen molar-refractivity contribution >= 4 is 5.78 Å². The van der Waals surface area contributed by atoms with Gasteiger partial charge < -0.3 is 0 Å². The summed E-state index contributed by atoms with van der Waals surface area (Å²) >= 11 is 0. The lowest BCUT2D eigenvalue weighted by atomic mass is 9.87. The molecule has 0 N–H and O–H groups in total. The van der Waals surface area contributed by atoms with Gasteiger partial charge in [0.15, 0.2) is 0 Å². The first-order valence-corrected chi connectivity index (χ1v) is 6.01. The van der Waals surface area contributed by atoms with Gasteiger partial charge in [-0.05, 0) is 32.6 Å². The molecule has 1 aliphatic rings. The highest BCUT2D eigenvalue weighted by atomic mass is 16.1. The van der Waals surface area contributed by atoms with E-state index < -0.39 is 0 Å². The Balaban J connectivity index is 2.85. The largest absolute Gasteiger partial charge is 0.299 e. The first-order chi connectivity index (χ1) is 7.50. The summed E-state index contributed by atoms with van der Waals surface area (Å²) in [5, 5.41) is 0. The molecule has 1 heteroatoms. The number of carbonyl (C=O) groups is 1. The Morgan fingerprint density at radius 3 is 2.81 bits per heavy atom. The van der Waals surface area contributed by atoms with E-state index >= 15 is 0 Å². The Bertz CT molecular complexity index is 333. The molecule has 1 rings (SSSR count). The van der Waals surface area contributed by atoms with E-state index in [0.29, 0.717) is 18.1 Å². The van der Waals surface area contributed by atoms with Gasteiger partial charge in [-0.2, -0.15) is 0 Å². The first-order valence-electron chi connectivity index (χ1n) is 6.01. The molecular weight excluding hydrogens is 196 g/mol. The van der Waals surface area contributed by atoms with Crippen LogP contribution in [0.25, 0.3) is 0 Å². The lowest BCUT2D eigenvalue weighted by molar-refractivity contribution is -0.121. The number of carbonyl (C=O) groups excluding carboxylic acids is 1. The van der Waals surface area contributed by atoms with Gasteiger partial charge in [0, 0.05) is 12.3 Å². The van der Waals surface area contributed by atoms with Crippen LogP contribution in [0.5, 0.6) is 0 Å². The van der Waals surface area contributed by atoms with Crippen molar-refractivity contribution in [1.29, 1.82) is 0 Å². The third-order valence-corrected chi connectivity index (χ3v) is 3.27. The van der Waals surface area contributed by atoms with E-state index in [9.17, 15) is 4.79 Å². The smallest absolute Gasteiger partial charge is 0.140 e. The second-order valence-corrected chi connectivity index (χ2v) is 4.92. The standard InChI is InChI=1S/C15H22O/c1-11(2)14-9-8-12(3)6-5-7-13(4)15(16)10-14/h5,7-8,13-14H,1,6,9-10H2,2-4H3/b7-5-,12-8+/t13-,14-/m1/s1. The zero-order valence-electron chi connectivity index (χ0n) is 10.6. The molecule has 0 aromatic heterocycles. The van der Waals surface area contributed by atoms with Crippen LogP contribution < -0.4 is 0 Å². The summed E-state index contributed by atoms with van der Waals surface area (Å²) in [4.78, 5) is 11.9. The molecule has 0 spiro atoms. The molecule has 0 unspecified atom stereocenters. The van der Waals surface area contributed by atoms with Gasteiger partial charge in [0.25, 0.3) is 0 Å². The van der Waals surface area contributed by atoms with Crippen LogP contribution in [0.15, 0.2) is 36.0 Å². The van der Waals surface area contributed by atoms with Crippen molar-refractivity contribution in [3.63, 3.8) is 0 Å². The van der Waals surface area contributed by atoms with Crippen LogP contribution in [-0.2, 0) is 4.79 Å². The summed E-state index contributed by atoms with van der Waals surface area (Å²) in [6.45, 7) is 10.1. The molecule has 88 valence electrons. The molecule has 16 heavy (non-hydrogen) atoms. The molecule has 0 aromatic rings. The number of hydrogen-bond donors (Lipinski definition) is 0. The fourth-order valence-electron chi connectivity index (χ4n) is 1.88. The highest BCUT2D eigenvalue weighted by molar-refractivity contribution is 5.82. The van der Waals surface area contributed by atoms with Crippen molar-refractivity contribution in [3.8, 4) is 0 Å². The van der Waals surface area contributed by atoms with Crippen LogP contribution in [0.3, 0.4) is 0 Å². The number of rotatable bonds is 1. The second kappa shape index (κ2) is 5.83. The summed E-state index contributed by atoms with van der Waals surface area (Å²) in [7, 11) is 0. The maximum atomic E-state index is 11.9. The van der Waals surface area contributed by atoms with E-state index in [2.05, 4.69) is 25.7 Å². The number of allylic oxidation sites excluding steroid dienone is 5. The number of Topliss-reactive ketones (excluding diaryl/α,β-unsaturated/α-hetero) is 1. The predicted octanol–water partition coefficient (Wildman–Crippen LogP) is 4.07. The zero-order chi connectivity index (χ0) is 12.1. The molecule has 0 bridgehead atoms. The molecule has 0 aromatic carbocycles. The average molecular weight is 218 g/mol. The highest BCUT2D eigenvalue weighted by Crippen LogP contribution is 2.23. The fourth-order valence-corrected chi connectivity index (χ4v) is 1.88. The van der Waals surface area contributed by atoms with Crippen LogP contribution in [0.2, 0.25) is 0 Å². The first kappa shape index (κ1) is 13.0. The monoisotopic (exact) mass is 218 g/mol. The Hall–Kier alpha value is -1.11. The van der Waals surface area contributed by atoms with Gasteiger partial charge in [-0.25, -0.2) is 0 Å². The highest BCUT2D eigenvalue weighted by Gasteiger charge is 2.17. The summed E-state index contributed by atoms with van der Waals surface area (Å²) in [6.07, 6.45) is 8.92. The van der Waals surface area contributed by atoms with Gasteiger partial charge in [0.05, 0.1) is 0 Å². The van der Waals surface area contributed by atoms with Crippen LogP contribution in [0.1, 0.15) is 40.0 Å². The molecule has 0 amide bonds. The van der Waals surface area contributed by atoms with Gasteiger partial charge in [-0.15, -0.1) is 0 Å². The van der Waals surface area contributed by atoms with E-state index in [-0.39, 0.29) is 5.92 Å². The lowest BCUT2D eigenvalue weighted by Gasteiger charge is -2.17. The molecular formula is C15H22O. The quantitative estimate of drug-likeness (QED) is 0.606. The van der Waals surface area contributed by atoms with Crippen LogP contribution in [0.4, 0.5) is 0 Å². The number of hydrogen-bond acceptors (Lipinski definition) is 1. The van der Waals surface area contributed by atoms with Crippen LogP contribution in [0, 0.1) is 11.8 Å². The van der Waals surface area contributed by atoms with Crippen molar-refractivity contribution in [2.75, 3.05) is 0 Å². The van der Waals surface area contributed by atoms with Gasteiger partial charge in [-0.1, -0.05) is 42.9 Å². The Morgan fingerprint density at radius 2 is 2.19 bits per heavy atom. The van der Waals surface area contributed by atoms with E-state index in [1.165, 1.54) is 5.57 Å². The molecule has 0 saturated carbocycles. The van der Waals surface area contributed by atoms with Gasteiger partial charge in [0.1, 0.15) is 5.78 Å². The van der Waals surface area contributed by atoms with Crippen molar-refractivity contribution < 1.29 is 4.79 Å². The average Bonchev–Trinajstić information content (AvgIpc) is 2.22. The van der Waals surface area contributed by atoms with E-state index in [1.807, 2.05) is 19.9 Å². The van der Waals surface area contributed by atoms with Gasteiger partial charge >= 0.3 is 0 Å². The van der Waals surface area contributed by atoms with Crippen LogP contribution in [-0.4, -0.2) is 5.78 Å². The molecule has 0 aliphatic heterocycles. The second-order valence-electron chi connectivity index (χ2n) is 4.92. The Labute approximate surface area is 98.9 Å². The number of ketones is 1. The van der Waals surface area contributed by atoms with Gasteiger partial charge in [0.2, 0.25) is 0 Å². The summed E-state index contributed by atoms with van der Waals surface area (Å²) < 4.78 is 0. The molecule has 0 radical (unpaired) electrons. The van der Waals surface area contributed by atoms with Crippen molar-refractivity contribution in [3.05, 3.63) is 36.0 Å². The van der Waals surface area contributed by atoms with E-state index in [0.717, 1.165) is 18.4 Å². The van der Waals surface area contributed by atoms with Gasteiger partial charge in [-0.3, -0.25) is 4.79 Å². The van der Waals surface area contributed by atoms with E-state index in [4.69, 9.17) is 0 Å². The lowest BCUT2D eigenvalue weighted by Crippen LogP contribution is -2.15. The van der Waals surface area contributed by atoms with Crippen LogP contribution >= 0.6 is 0 Å². The Kier molecular flexibility index (Phi) is 4.72. The SMILES string of the molecule is C=C(C)[C@@H]1C/C=C(\C)C/C=C\[C@@H](C)C(=O)C1. The molecule has 1 nitrogen and oxygen atoms in total. The van der Waals surface area contributed by atoms with E-state index in [1.54, 1.807) is 0 Å². The topological polar surface area (TPSA) is 17.1 Å². The minimum atomic E-state index is 0.0488. The minimum absolute atomic E-state index is 0.0488. The summed E-state index contributed by atoms with van der Waals surface area (Å²) in [5.41, 5.74) is 2.50. The van der Waals surface area contributed by atoms with Crippen molar-refractivity contribution in [2.24, 2.45) is 11.8 Å². The Morgan fingerprint density at radius 1 is 1.50 bits per heavy atom. The minimum Gasteiger partial charge on any atom is -0.299 e. The zero-order valence-corrected chi connectivity index (χ0v) is 10.6. The maximum absolute atomic E-state index is 11.9.